The SMILES string of the molecule is Cc1ccc(C)c(N2CC[NH+](Cc3cc(Cl)ccc3[N+](=O)[O-])CC2)c1. The summed E-state index contributed by atoms with van der Waals surface area (Å²) in [5, 5.41) is 11.8. The van der Waals surface area contributed by atoms with E-state index in [9.17, 15) is 10.1 Å². The molecule has 0 aromatic heterocycles. The van der Waals surface area contributed by atoms with Crippen molar-refractivity contribution < 1.29 is 9.82 Å². The van der Waals surface area contributed by atoms with Crippen molar-refractivity contribution in [3.8, 4) is 0 Å². The molecule has 1 saturated heterocycles. The second kappa shape index (κ2) is 7.42. The van der Waals surface area contributed by atoms with Crippen LogP contribution in [0.2, 0.25) is 5.02 Å². The van der Waals surface area contributed by atoms with Gasteiger partial charge < -0.3 is 9.80 Å². The summed E-state index contributed by atoms with van der Waals surface area (Å²) >= 11 is 6.03. The Morgan fingerprint density at radius 2 is 1.88 bits per heavy atom. The first-order chi connectivity index (χ1) is 11.9. The Hall–Kier alpha value is -2.11. The molecule has 1 fully saturated rings. The van der Waals surface area contributed by atoms with Gasteiger partial charge in [0.1, 0.15) is 6.54 Å². The number of nitrogens with zero attached hydrogens (tertiary/aromatic N) is 2. The highest BCUT2D eigenvalue weighted by Gasteiger charge is 2.24. The lowest BCUT2D eigenvalue weighted by molar-refractivity contribution is -0.914. The van der Waals surface area contributed by atoms with Gasteiger partial charge in [0.25, 0.3) is 5.69 Å². The van der Waals surface area contributed by atoms with Crippen LogP contribution in [0.15, 0.2) is 36.4 Å². The molecule has 132 valence electrons. The largest absolute Gasteiger partial charge is 0.360 e. The first kappa shape index (κ1) is 17.7. The molecule has 0 amide bonds. The van der Waals surface area contributed by atoms with Crippen molar-refractivity contribution in [3.63, 3.8) is 0 Å². The predicted octanol–water partition coefficient (Wildman–Crippen LogP) is 2.77. The van der Waals surface area contributed by atoms with Crippen LogP contribution in [0.25, 0.3) is 0 Å². The normalized spacial score (nSPS) is 15.4. The molecule has 0 aliphatic carbocycles. The minimum Gasteiger partial charge on any atom is -0.360 e. The van der Waals surface area contributed by atoms with Crippen molar-refractivity contribution in [1.29, 1.82) is 0 Å². The topological polar surface area (TPSA) is 50.8 Å². The molecule has 1 N–H and O–H groups in total. The van der Waals surface area contributed by atoms with Crippen LogP contribution in [0.3, 0.4) is 0 Å². The van der Waals surface area contributed by atoms with Crippen molar-refractivity contribution in [2.24, 2.45) is 0 Å². The molecule has 1 aliphatic heterocycles. The number of benzene rings is 2. The van der Waals surface area contributed by atoms with Crippen molar-refractivity contribution in [3.05, 3.63) is 68.2 Å². The third kappa shape index (κ3) is 4.11. The fraction of sp³-hybridized carbons (Fsp3) is 0.368. The summed E-state index contributed by atoms with van der Waals surface area (Å²) in [6, 6.07) is 11.4. The van der Waals surface area contributed by atoms with Crippen molar-refractivity contribution in [2.75, 3.05) is 31.1 Å². The number of piperazine rings is 1. The number of nitro groups is 1. The zero-order valence-electron chi connectivity index (χ0n) is 14.6. The standard InChI is InChI=1S/C19H22ClN3O2/c1-14-3-4-15(2)19(11-14)22-9-7-21(8-10-22)13-16-12-17(20)5-6-18(16)23(24)25/h3-6,11-12H,7-10,13H2,1-2H3/p+1. The maximum atomic E-state index is 11.2. The highest BCUT2D eigenvalue weighted by Crippen LogP contribution is 2.23. The molecule has 0 radical (unpaired) electrons. The minimum absolute atomic E-state index is 0.161. The molecule has 25 heavy (non-hydrogen) atoms. The second-order valence-corrected chi connectivity index (χ2v) is 7.17. The third-order valence-electron chi connectivity index (χ3n) is 4.85. The number of anilines is 1. The number of nitro benzene ring substituents is 1. The molecule has 6 heteroatoms. The lowest BCUT2D eigenvalue weighted by atomic mass is 10.1. The quantitative estimate of drug-likeness (QED) is 0.673. The smallest absolute Gasteiger partial charge is 0.278 e. The summed E-state index contributed by atoms with van der Waals surface area (Å²) in [5.74, 6) is 0. The van der Waals surface area contributed by atoms with E-state index < -0.39 is 0 Å². The molecular formula is C19H23ClN3O2+. The average Bonchev–Trinajstić information content (AvgIpc) is 2.58. The molecule has 3 rings (SSSR count). The van der Waals surface area contributed by atoms with Crippen LogP contribution < -0.4 is 9.80 Å². The first-order valence-corrected chi connectivity index (χ1v) is 8.90. The van der Waals surface area contributed by atoms with E-state index in [1.165, 1.54) is 27.8 Å². The Kier molecular flexibility index (Phi) is 5.25. The third-order valence-corrected chi connectivity index (χ3v) is 5.09. The van der Waals surface area contributed by atoms with Crippen LogP contribution in [0.1, 0.15) is 16.7 Å². The second-order valence-electron chi connectivity index (χ2n) is 6.73. The zero-order valence-corrected chi connectivity index (χ0v) is 15.3. The number of aryl methyl sites for hydroxylation is 2. The summed E-state index contributed by atoms with van der Waals surface area (Å²) in [5.41, 5.74) is 4.73. The monoisotopic (exact) mass is 360 g/mol. The van der Waals surface area contributed by atoms with Crippen LogP contribution in [-0.2, 0) is 6.54 Å². The molecule has 2 aromatic rings. The highest BCUT2D eigenvalue weighted by atomic mass is 35.5. The van der Waals surface area contributed by atoms with E-state index >= 15 is 0 Å². The van der Waals surface area contributed by atoms with E-state index in [0.717, 1.165) is 26.2 Å². The van der Waals surface area contributed by atoms with Crippen LogP contribution in [0.4, 0.5) is 11.4 Å². The molecule has 0 spiro atoms. The molecule has 1 heterocycles. The number of hydrogen-bond acceptors (Lipinski definition) is 3. The van der Waals surface area contributed by atoms with Gasteiger partial charge in [-0.1, -0.05) is 23.7 Å². The Morgan fingerprint density at radius 1 is 1.16 bits per heavy atom. The average molecular weight is 361 g/mol. The highest BCUT2D eigenvalue weighted by molar-refractivity contribution is 6.30. The van der Waals surface area contributed by atoms with Gasteiger partial charge in [-0.3, -0.25) is 10.1 Å². The van der Waals surface area contributed by atoms with Gasteiger partial charge in [0, 0.05) is 16.8 Å². The van der Waals surface area contributed by atoms with Gasteiger partial charge in [0.15, 0.2) is 0 Å². The lowest BCUT2D eigenvalue weighted by Gasteiger charge is -2.34. The van der Waals surface area contributed by atoms with Gasteiger partial charge in [-0.15, -0.1) is 0 Å². The molecule has 0 unspecified atom stereocenters. The molecular weight excluding hydrogens is 338 g/mol. The molecule has 0 bridgehead atoms. The summed E-state index contributed by atoms with van der Waals surface area (Å²) in [6.07, 6.45) is 0. The van der Waals surface area contributed by atoms with E-state index in [-0.39, 0.29) is 10.6 Å². The van der Waals surface area contributed by atoms with E-state index in [0.29, 0.717) is 17.1 Å². The summed E-state index contributed by atoms with van der Waals surface area (Å²) in [4.78, 5) is 14.7. The van der Waals surface area contributed by atoms with Crippen LogP contribution in [0.5, 0.6) is 0 Å². The van der Waals surface area contributed by atoms with Gasteiger partial charge in [-0.25, -0.2) is 0 Å². The van der Waals surface area contributed by atoms with Crippen LogP contribution >= 0.6 is 11.6 Å². The van der Waals surface area contributed by atoms with Gasteiger partial charge >= 0.3 is 0 Å². The Bertz CT molecular complexity index is 786. The lowest BCUT2D eigenvalue weighted by Crippen LogP contribution is -3.13. The fourth-order valence-electron chi connectivity index (χ4n) is 3.44. The summed E-state index contributed by atoms with van der Waals surface area (Å²) in [6.45, 7) is 8.71. The number of nitrogens with one attached hydrogen (secondary N) is 1. The molecule has 0 saturated carbocycles. The minimum atomic E-state index is -0.322. The zero-order chi connectivity index (χ0) is 18.0. The number of quaternary nitrogens is 1. The Labute approximate surface area is 153 Å². The number of hydrogen-bond donors (Lipinski definition) is 1. The Morgan fingerprint density at radius 3 is 2.56 bits per heavy atom. The summed E-state index contributed by atoms with van der Waals surface area (Å²) in [7, 11) is 0. The van der Waals surface area contributed by atoms with Crippen molar-refractivity contribution in [1.82, 2.24) is 0 Å². The van der Waals surface area contributed by atoms with Crippen LogP contribution in [0, 0.1) is 24.0 Å². The van der Waals surface area contributed by atoms with Gasteiger partial charge in [-0.05, 0) is 43.2 Å². The first-order valence-electron chi connectivity index (χ1n) is 8.52. The van der Waals surface area contributed by atoms with Gasteiger partial charge in [0.05, 0.1) is 36.7 Å². The van der Waals surface area contributed by atoms with E-state index in [2.05, 4.69) is 36.9 Å². The maximum Gasteiger partial charge on any atom is 0.278 e. The van der Waals surface area contributed by atoms with Crippen molar-refractivity contribution >= 4 is 23.0 Å². The molecule has 2 aromatic carbocycles. The van der Waals surface area contributed by atoms with E-state index in [4.69, 9.17) is 11.6 Å². The van der Waals surface area contributed by atoms with E-state index in [1.807, 2.05) is 0 Å². The molecule has 0 atom stereocenters. The molecule has 1 aliphatic rings. The molecule has 5 nitrogen and oxygen atoms in total. The van der Waals surface area contributed by atoms with Crippen molar-refractivity contribution in [2.45, 2.75) is 20.4 Å². The fourth-order valence-corrected chi connectivity index (χ4v) is 3.64. The predicted molar refractivity (Wildman–Crippen MR) is 101 cm³/mol. The van der Waals surface area contributed by atoms with Crippen LogP contribution in [-0.4, -0.2) is 31.1 Å². The van der Waals surface area contributed by atoms with Gasteiger partial charge in [0.2, 0.25) is 0 Å². The number of rotatable bonds is 4. The Balaban J connectivity index is 1.68. The maximum absolute atomic E-state index is 11.2. The van der Waals surface area contributed by atoms with E-state index in [1.54, 1.807) is 12.1 Å². The number of halogens is 1. The van der Waals surface area contributed by atoms with Gasteiger partial charge in [-0.2, -0.15) is 0 Å². The summed E-state index contributed by atoms with van der Waals surface area (Å²) < 4.78 is 0.